The SMILES string of the molecule is CCCOC1=CCC(c2cc(C=O)c(O)c(OC)c2)C=C1. The largest absolute Gasteiger partial charge is 0.504 e. The average Bonchev–Trinajstić information content (AvgIpc) is 2.53. The molecular weight excluding hydrogens is 268 g/mol. The number of carbonyl (C=O) groups excluding carboxylic acids is 1. The van der Waals surface area contributed by atoms with Crippen molar-refractivity contribution in [3.05, 3.63) is 47.2 Å². The molecule has 112 valence electrons. The Labute approximate surface area is 124 Å². The van der Waals surface area contributed by atoms with Gasteiger partial charge in [0.2, 0.25) is 0 Å². The summed E-state index contributed by atoms with van der Waals surface area (Å²) in [6.07, 6.45) is 8.45. The predicted molar refractivity (Wildman–Crippen MR) is 80.9 cm³/mol. The van der Waals surface area contributed by atoms with Crippen molar-refractivity contribution >= 4 is 6.29 Å². The number of methoxy groups -OCH3 is 1. The van der Waals surface area contributed by atoms with E-state index in [1.54, 1.807) is 12.1 Å². The Morgan fingerprint density at radius 3 is 2.81 bits per heavy atom. The van der Waals surface area contributed by atoms with Crippen LogP contribution in [0, 0.1) is 0 Å². The molecule has 2 rings (SSSR count). The van der Waals surface area contributed by atoms with Crippen molar-refractivity contribution < 1.29 is 19.4 Å². The van der Waals surface area contributed by atoms with Crippen molar-refractivity contribution in [2.75, 3.05) is 13.7 Å². The van der Waals surface area contributed by atoms with Gasteiger partial charge < -0.3 is 14.6 Å². The molecule has 1 aromatic carbocycles. The molecule has 0 spiro atoms. The lowest BCUT2D eigenvalue weighted by Gasteiger charge is -2.18. The van der Waals surface area contributed by atoms with Gasteiger partial charge in [0.25, 0.3) is 0 Å². The molecule has 1 aliphatic carbocycles. The van der Waals surface area contributed by atoms with Gasteiger partial charge in [-0.2, -0.15) is 0 Å². The maximum Gasteiger partial charge on any atom is 0.168 e. The van der Waals surface area contributed by atoms with Crippen LogP contribution in [0.5, 0.6) is 11.5 Å². The molecule has 0 aliphatic heterocycles. The van der Waals surface area contributed by atoms with E-state index >= 15 is 0 Å². The fourth-order valence-electron chi connectivity index (χ4n) is 2.29. The van der Waals surface area contributed by atoms with Gasteiger partial charge in [-0.1, -0.05) is 13.0 Å². The number of ether oxygens (including phenoxy) is 2. The van der Waals surface area contributed by atoms with Crippen LogP contribution >= 0.6 is 0 Å². The van der Waals surface area contributed by atoms with Gasteiger partial charge >= 0.3 is 0 Å². The topological polar surface area (TPSA) is 55.8 Å². The van der Waals surface area contributed by atoms with Crippen molar-refractivity contribution in [1.29, 1.82) is 0 Å². The molecule has 1 aromatic rings. The number of phenols is 1. The normalized spacial score (nSPS) is 17.2. The van der Waals surface area contributed by atoms with Gasteiger partial charge in [-0.05, 0) is 42.7 Å². The fraction of sp³-hybridized carbons (Fsp3) is 0.353. The molecule has 0 aromatic heterocycles. The highest BCUT2D eigenvalue weighted by atomic mass is 16.5. The molecule has 1 aliphatic rings. The second kappa shape index (κ2) is 6.97. The van der Waals surface area contributed by atoms with Crippen LogP contribution in [0.1, 0.15) is 41.6 Å². The van der Waals surface area contributed by atoms with E-state index in [1.165, 1.54) is 7.11 Å². The van der Waals surface area contributed by atoms with Crippen LogP contribution < -0.4 is 4.74 Å². The molecule has 21 heavy (non-hydrogen) atoms. The first kappa shape index (κ1) is 15.2. The lowest BCUT2D eigenvalue weighted by atomic mass is 9.90. The molecule has 0 radical (unpaired) electrons. The molecule has 4 heteroatoms. The molecular formula is C17H20O4. The van der Waals surface area contributed by atoms with Crippen molar-refractivity contribution in [3.63, 3.8) is 0 Å². The number of allylic oxidation sites excluding steroid dienone is 3. The number of rotatable bonds is 6. The van der Waals surface area contributed by atoms with Gasteiger partial charge in [0, 0.05) is 5.92 Å². The summed E-state index contributed by atoms with van der Waals surface area (Å²) in [7, 11) is 1.47. The number of phenolic OH excluding ortho intramolecular Hbond substituents is 1. The highest BCUT2D eigenvalue weighted by molar-refractivity contribution is 5.81. The summed E-state index contributed by atoms with van der Waals surface area (Å²) in [5.74, 6) is 1.24. The van der Waals surface area contributed by atoms with Crippen molar-refractivity contribution in [3.8, 4) is 11.5 Å². The number of aromatic hydroxyl groups is 1. The molecule has 1 N–H and O–H groups in total. The standard InChI is InChI=1S/C17H20O4/c1-3-8-21-15-6-4-12(5-7-15)13-9-14(11-18)17(19)16(10-13)20-2/h4,6-7,9-12,19H,3,5,8H2,1-2H3. The summed E-state index contributed by atoms with van der Waals surface area (Å²) < 4.78 is 10.7. The Morgan fingerprint density at radius 1 is 1.43 bits per heavy atom. The highest BCUT2D eigenvalue weighted by Crippen LogP contribution is 2.36. The molecule has 4 nitrogen and oxygen atoms in total. The monoisotopic (exact) mass is 288 g/mol. The third-order valence-corrected chi connectivity index (χ3v) is 3.44. The van der Waals surface area contributed by atoms with Crippen LogP contribution in [0.2, 0.25) is 0 Å². The number of aldehydes is 1. The summed E-state index contributed by atoms with van der Waals surface area (Å²) >= 11 is 0. The van der Waals surface area contributed by atoms with E-state index in [2.05, 4.69) is 6.92 Å². The number of carbonyl (C=O) groups is 1. The van der Waals surface area contributed by atoms with Gasteiger partial charge in [0.15, 0.2) is 17.8 Å². The summed E-state index contributed by atoms with van der Waals surface area (Å²) in [6, 6.07) is 3.47. The predicted octanol–water partition coefficient (Wildman–Crippen LogP) is 3.57. The summed E-state index contributed by atoms with van der Waals surface area (Å²) in [5, 5.41) is 9.84. The quantitative estimate of drug-likeness (QED) is 0.813. The van der Waals surface area contributed by atoms with E-state index in [-0.39, 0.29) is 17.2 Å². The zero-order valence-corrected chi connectivity index (χ0v) is 12.3. The Balaban J connectivity index is 2.19. The van der Waals surface area contributed by atoms with Crippen molar-refractivity contribution in [1.82, 2.24) is 0 Å². The molecule has 0 heterocycles. The van der Waals surface area contributed by atoms with Gasteiger partial charge in [-0.15, -0.1) is 0 Å². The highest BCUT2D eigenvalue weighted by Gasteiger charge is 2.17. The molecule has 0 bridgehead atoms. The third kappa shape index (κ3) is 3.45. The van der Waals surface area contributed by atoms with Gasteiger partial charge in [0.1, 0.15) is 5.76 Å². The van der Waals surface area contributed by atoms with Crippen LogP contribution in [0.25, 0.3) is 0 Å². The minimum Gasteiger partial charge on any atom is -0.504 e. The van der Waals surface area contributed by atoms with Crippen LogP contribution in [0.3, 0.4) is 0 Å². The van der Waals surface area contributed by atoms with Crippen LogP contribution in [0.15, 0.2) is 36.1 Å². The molecule has 0 saturated heterocycles. The van der Waals surface area contributed by atoms with Crippen molar-refractivity contribution in [2.45, 2.75) is 25.7 Å². The van der Waals surface area contributed by atoms with E-state index in [0.29, 0.717) is 18.6 Å². The second-order valence-electron chi connectivity index (χ2n) is 4.94. The molecule has 1 unspecified atom stereocenters. The molecule has 0 amide bonds. The van der Waals surface area contributed by atoms with E-state index in [9.17, 15) is 9.90 Å². The maximum absolute atomic E-state index is 11.0. The summed E-state index contributed by atoms with van der Waals surface area (Å²) in [6.45, 7) is 2.78. The van der Waals surface area contributed by atoms with Crippen LogP contribution in [0.4, 0.5) is 0 Å². The van der Waals surface area contributed by atoms with E-state index in [0.717, 1.165) is 24.2 Å². The Kier molecular flexibility index (Phi) is 5.04. The maximum atomic E-state index is 11.0. The van der Waals surface area contributed by atoms with E-state index in [1.807, 2.05) is 18.2 Å². The summed E-state index contributed by atoms with van der Waals surface area (Å²) in [4.78, 5) is 11.0. The Bertz CT molecular complexity index is 572. The lowest BCUT2D eigenvalue weighted by Crippen LogP contribution is -2.03. The minimum absolute atomic E-state index is 0.112. The summed E-state index contributed by atoms with van der Waals surface area (Å²) in [5.41, 5.74) is 1.18. The average molecular weight is 288 g/mol. The van der Waals surface area contributed by atoms with E-state index in [4.69, 9.17) is 9.47 Å². The minimum atomic E-state index is -0.112. The molecule has 0 saturated carbocycles. The fourth-order valence-corrected chi connectivity index (χ4v) is 2.29. The zero-order valence-electron chi connectivity index (χ0n) is 12.3. The number of hydrogen-bond acceptors (Lipinski definition) is 4. The van der Waals surface area contributed by atoms with Crippen LogP contribution in [-0.2, 0) is 4.74 Å². The number of benzene rings is 1. The third-order valence-electron chi connectivity index (χ3n) is 3.44. The first-order valence-electron chi connectivity index (χ1n) is 7.06. The Hall–Kier alpha value is -2.23. The van der Waals surface area contributed by atoms with Gasteiger partial charge in [0.05, 0.1) is 19.3 Å². The zero-order chi connectivity index (χ0) is 15.2. The first-order chi connectivity index (χ1) is 10.2. The smallest absolute Gasteiger partial charge is 0.168 e. The van der Waals surface area contributed by atoms with Gasteiger partial charge in [-0.25, -0.2) is 0 Å². The van der Waals surface area contributed by atoms with Crippen LogP contribution in [-0.4, -0.2) is 25.1 Å². The number of hydrogen-bond donors (Lipinski definition) is 1. The van der Waals surface area contributed by atoms with E-state index < -0.39 is 0 Å². The molecule has 1 atom stereocenters. The second-order valence-corrected chi connectivity index (χ2v) is 4.94. The lowest BCUT2D eigenvalue weighted by molar-refractivity contribution is 0.112. The molecule has 0 fully saturated rings. The first-order valence-corrected chi connectivity index (χ1v) is 7.06. The Morgan fingerprint density at radius 2 is 2.24 bits per heavy atom. The van der Waals surface area contributed by atoms with Gasteiger partial charge in [-0.3, -0.25) is 4.79 Å². The van der Waals surface area contributed by atoms with Crippen molar-refractivity contribution in [2.24, 2.45) is 0 Å².